The van der Waals surface area contributed by atoms with Crippen LogP contribution in [0.1, 0.15) is 73.1 Å². The van der Waals surface area contributed by atoms with Crippen LogP contribution in [0.3, 0.4) is 0 Å². The summed E-state index contributed by atoms with van der Waals surface area (Å²) in [7, 11) is 0. The fraction of sp³-hybridized carbons (Fsp3) is 0.682. The summed E-state index contributed by atoms with van der Waals surface area (Å²) in [5, 5.41) is 10.7. The van der Waals surface area contributed by atoms with Crippen molar-refractivity contribution < 1.29 is 14.6 Å². The van der Waals surface area contributed by atoms with E-state index < -0.39 is 11.7 Å². The molecule has 1 rings (SSSR count). The van der Waals surface area contributed by atoms with E-state index >= 15 is 0 Å². The molecule has 0 bridgehead atoms. The normalized spacial score (nSPS) is 28.2. The van der Waals surface area contributed by atoms with Gasteiger partial charge in [0.2, 0.25) is 0 Å². The molecule has 0 aromatic rings. The Hall–Kier alpha value is -1.19. The summed E-state index contributed by atoms with van der Waals surface area (Å²) in [6.45, 7) is 17.7. The average molecular weight is 349 g/mol. The Morgan fingerprint density at radius 1 is 1.32 bits per heavy atom. The number of Topliss-reactive ketones (excluding diaryl/α,β-unsaturated/α-hetero) is 1. The molecular weight excluding hydrogens is 312 g/mol. The molecule has 3 atom stereocenters. The summed E-state index contributed by atoms with van der Waals surface area (Å²) in [6.07, 6.45) is 7.23. The van der Waals surface area contributed by atoms with Crippen LogP contribution in [0, 0.1) is 5.92 Å². The van der Waals surface area contributed by atoms with E-state index in [9.17, 15) is 9.90 Å². The van der Waals surface area contributed by atoms with Crippen LogP contribution in [-0.4, -0.2) is 28.2 Å². The lowest BCUT2D eigenvalue weighted by Gasteiger charge is -2.38. The lowest BCUT2D eigenvalue weighted by atomic mass is 9.83. The van der Waals surface area contributed by atoms with Crippen molar-refractivity contribution in [1.82, 2.24) is 0 Å². The molecule has 142 valence electrons. The molecule has 0 saturated carbocycles. The smallest absolute Gasteiger partial charge is 0.160 e. The quantitative estimate of drug-likeness (QED) is 0.439. The first-order valence-corrected chi connectivity index (χ1v) is 9.40. The molecule has 25 heavy (non-hydrogen) atoms. The van der Waals surface area contributed by atoms with Crippen LogP contribution in [0.15, 0.2) is 36.5 Å². The van der Waals surface area contributed by atoms with Gasteiger partial charge in [0.1, 0.15) is 0 Å². The van der Waals surface area contributed by atoms with Crippen molar-refractivity contribution in [1.29, 1.82) is 0 Å². The Balaban J connectivity index is 2.73. The van der Waals surface area contributed by atoms with Crippen molar-refractivity contribution in [2.24, 2.45) is 5.92 Å². The van der Waals surface area contributed by atoms with Crippen LogP contribution in [0.4, 0.5) is 0 Å². The maximum atomic E-state index is 12.4. The van der Waals surface area contributed by atoms with Crippen molar-refractivity contribution in [2.45, 2.75) is 90.4 Å². The van der Waals surface area contributed by atoms with Gasteiger partial charge in [-0.05, 0) is 64.4 Å². The standard InChI is InChI=1S/C22H36O3/c1-8-12-22(17(4)5)14-13-21(7,25-22)20(24)15-19(23)18(6)11-9-10-16(2)3/h8,11,17,20,24H,1-2,9-10,12-15H2,3-7H3/b18-11+/t20-,21+,22+/m0/s1. The van der Waals surface area contributed by atoms with Gasteiger partial charge in [0.05, 0.1) is 17.3 Å². The van der Waals surface area contributed by atoms with Gasteiger partial charge in [0.15, 0.2) is 5.78 Å². The van der Waals surface area contributed by atoms with E-state index in [0.29, 0.717) is 11.5 Å². The summed E-state index contributed by atoms with van der Waals surface area (Å²) in [6, 6.07) is 0. The summed E-state index contributed by atoms with van der Waals surface area (Å²) in [5.41, 5.74) is 0.854. The largest absolute Gasteiger partial charge is 0.390 e. The molecule has 3 nitrogen and oxygen atoms in total. The molecule has 0 aliphatic carbocycles. The number of aliphatic hydroxyl groups is 1. The van der Waals surface area contributed by atoms with E-state index in [2.05, 4.69) is 27.0 Å². The minimum Gasteiger partial charge on any atom is -0.390 e. The van der Waals surface area contributed by atoms with Gasteiger partial charge in [0, 0.05) is 6.42 Å². The number of hydrogen-bond acceptors (Lipinski definition) is 3. The van der Waals surface area contributed by atoms with Crippen LogP contribution in [0.2, 0.25) is 0 Å². The summed E-state index contributed by atoms with van der Waals surface area (Å²) >= 11 is 0. The van der Waals surface area contributed by atoms with Gasteiger partial charge in [-0.1, -0.05) is 31.6 Å². The van der Waals surface area contributed by atoms with Crippen LogP contribution >= 0.6 is 0 Å². The van der Waals surface area contributed by atoms with Crippen molar-refractivity contribution in [2.75, 3.05) is 0 Å². The van der Waals surface area contributed by atoms with E-state index in [0.717, 1.165) is 37.7 Å². The van der Waals surface area contributed by atoms with E-state index in [1.54, 1.807) is 0 Å². The average Bonchev–Trinajstić information content (AvgIpc) is 2.87. The third kappa shape index (κ3) is 5.65. The van der Waals surface area contributed by atoms with Gasteiger partial charge in [0.25, 0.3) is 0 Å². The summed E-state index contributed by atoms with van der Waals surface area (Å²) in [4.78, 5) is 12.4. The molecule has 0 aromatic carbocycles. The van der Waals surface area contributed by atoms with Crippen molar-refractivity contribution >= 4 is 5.78 Å². The fourth-order valence-corrected chi connectivity index (χ4v) is 3.49. The molecule has 0 spiro atoms. The number of allylic oxidation sites excluding steroid dienone is 3. The number of hydrogen-bond donors (Lipinski definition) is 1. The minimum absolute atomic E-state index is 0.00944. The third-order valence-corrected chi connectivity index (χ3v) is 5.57. The minimum atomic E-state index is -0.796. The van der Waals surface area contributed by atoms with Crippen LogP contribution in [0.25, 0.3) is 0 Å². The molecule has 1 N–H and O–H groups in total. The molecule has 0 unspecified atom stereocenters. The summed E-state index contributed by atoms with van der Waals surface area (Å²) < 4.78 is 6.39. The van der Waals surface area contributed by atoms with Gasteiger partial charge >= 0.3 is 0 Å². The first-order valence-electron chi connectivity index (χ1n) is 9.40. The number of ether oxygens (including phenoxy) is 1. The number of carbonyl (C=O) groups is 1. The molecule has 0 radical (unpaired) electrons. The van der Waals surface area contributed by atoms with Crippen LogP contribution < -0.4 is 0 Å². The Kier molecular flexibility index (Phi) is 7.83. The maximum Gasteiger partial charge on any atom is 0.160 e. The van der Waals surface area contributed by atoms with Gasteiger partial charge in [-0.2, -0.15) is 0 Å². The zero-order chi connectivity index (χ0) is 19.3. The van der Waals surface area contributed by atoms with E-state index in [1.807, 2.05) is 32.9 Å². The zero-order valence-corrected chi connectivity index (χ0v) is 16.7. The molecule has 0 aromatic heterocycles. The van der Waals surface area contributed by atoms with Gasteiger partial charge < -0.3 is 9.84 Å². The summed E-state index contributed by atoms with van der Waals surface area (Å²) in [5.74, 6) is 0.323. The highest BCUT2D eigenvalue weighted by Crippen LogP contribution is 2.46. The van der Waals surface area contributed by atoms with Gasteiger partial charge in [-0.15, -0.1) is 13.2 Å². The second-order valence-corrected chi connectivity index (χ2v) is 8.15. The van der Waals surface area contributed by atoms with Crippen molar-refractivity contribution in [3.05, 3.63) is 36.5 Å². The first-order chi connectivity index (χ1) is 11.6. The lowest BCUT2D eigenvalue weighted by molar-refractivity contribution is -0.164. The molecule has 1 heterocycles. The van der Waals surface area contributed by atoms with Crippen molar-refractivity contribution in [3.8, 4) is 0 Å². The highest BCUT2D eigenvalue weighted by atomic mass is 16.5. The highest BCUT2D eigenvalue weighted by molar-refractivity contribution is 5.95. The second kappa shape index (κ2) is 8.95. The van der Waals surface area contributed by atoms with Crippen LogP contribution in [-0.2, 0) is 9.53 Å². The van der Waals surface area contributed by atoms with Gasteiger partial charge in [-0.25, -0.2) is 0 Å². The predicted molar refractivity (Wildman–Crippen MR) is 105 cm³/mol. The number of carbonyl (C=O) groups excluding carboxylic acids is 1. The number of ketones is 1. The van der Waals surface area contributed by atoms with Gasteiger partial charge in [-0.3, -0.25) is 4.79 Å². The molecule has 3 heteroatoms. The molecule has 1 saturated heterocycles. The van der Waals surface area contributed by atoms with E-state index in [1.165, 1.54) is 0 Å². The zero-order valence-electron chi connectivity index (χ0n) is 16.7. The topological polar surface area (TPSA) is 46.5 Å². The predicted octanol–water partition coefficient (Wildman–Crippen LogP) is 5.15. The maximum absolute atomic E-state index is 12.4. The Bertz CT molecular complexity index is 531. The first kappa shape index (κ1) is 21.9. The van der Waals surface area contributed by atoms with Crippen molar-refractivity contribution in [3.63, 3.8) is 0 Å². The monoisotopic (exact) mass is 348 g/mol. The van der Waals surface area contributed by atoms with Crippen LogP contribution in [0.5, 0.6) is 0 Å². The Morgan fingerprint density at radius 2 is 1.96 bits per heavy atom. The van der Waals surface area contributed by atoms with E-state index in [4.69, 9.17) is 4.74 Å². The number of aliphatic hydroxyl groups excluding tert-OH is 1. The van der Waals surface area contributed by atoms with E-state index in [-0.39, 0.29) is 17.8 Å². The molecule has 1 fully saturated rings. The molecular formula is C22H36O3. The Morgan fingerprint density at radius 3 is 2.48 bits per heavy atom. The SMILES string of the molecule is C=CC[C@]1(C(C)C)CC[C@](C)([C@@H](O)CC(=O)/C(C)=C/CCC(=C)C)O1. The fourth-order valence-electron chi connectivity index (χ4n) is 3.49. The molecule has 1 aliphatic heterocycles. The lowest BCUT2D eigenvalue weighted by Crippen LogP contribution is -2.45. The molecule has 1 aliphatic rings. The number of rotatable bonds is 10. The second-order valence-electron chi connectivity index (χ2n) is 8.15. The third-order valence-electron chi connectivity index (χ3n) is 5.57. The molecule has 0 amide bonds. The highest BCUT2D eigenvalue weighted by Gasteiger charge is 2.51. The Labute approximate surface area is 153 Å².